The van der Waals surface area contributed by atoms with Crippen LogP contribution in [0.2, 0.25) is 0 Å². The lowest BCUT2D eigenvalue weighted by atomic mass is 10.1. The van der Waals surface area contributed by atoms with Crippen LogP contribution in [-0.2, 0) is 9.59 Å². The van der Waals surface area contributed by atoms with E-state index >= 15 is 0 Å². The summed E-state index contributed by atoms with van der Waals surface area (Å²) in [5.41, 5.74) is 1.48. The normalized spacial score (nSPS) is 17.5. The second-order valence-electron chi connectivity index (χ2n) is 7.56. The Morgan fingerprint density at radius 1 is 0.906 bits per heavy atom. The fraction of sp³-hybridized carbons (Fsp3) is 0.417. The average Bonchev–Trinajstić information content (AvgIpc) is 3.41. The first-order valence-corrected chi connectivity index (χ1v) is 12.0. The van der Waals surface area contributed by atoms with Gasteiger partial charge in [0.15, 0.2) is 11.5 Å². The van der Waals surface area contributed by atoms with Crippen LogP contribution < -0.4 is 14.4 Å². The minimum absolute atomic E-state index is 0.282. The summed E-state index contributed by atoms with van der Waals surface area (Å²) < 4.78 is 11.4. The molecule has 2 aliphatic heterocycles. The van der Waals surface area contributed by atoms with E-state index in [9.17, 15) is 9.59 Å². The standard InChI is InChI=1S/C24H29N3O4S/c1-4-25-11-13-26(14-12-25)22-21(20-8-7-15-32-20)23(28)27(24(22)29)17-9-10-18(30-5-2)19(16-17)31-6-3/h7-10,15-16H,4-6,11-14H2,1-3H3. The first kappa shape index (κ1) is 22.4. The first-order chi connectivity index (χ1) is 15.6. The Bertz CT molecular complexity index is 1010. The maximum atomic E-state index is 13.7. The topological polar surface area (TPSA) is 62.3 Å². The summed E-state index contributed by atoms with van der Waals surface area (Å²) in [4.78, 5) is 33.8. The lowest BCUT2D eigenvalue weighted by Gasteiger charge is -2.35. The summed E-state index contributed by atoms with van der Waals surface area (Å²) in [5.74, 6) is 0.543. The summed E-state index contributed by atoms with van der Waals surface area (Å²) in [7, 11) is 0. The lowest BCUT2D eigenvalue weighted by Crippen LogP contribution is -2.47. The number of ether oxygens (including phenoxy) is 2. The molecule has 2 aliphatic rings. The van der Waals surface area contributed by atoms with E-state index < -0.39 is 0 Å². The molecule has 1 aromatic heterocycles. The third kappa shape index (κ3) is 4.12. The van der Waals surface area contributed by atoms with Crippen LogP contribution in [0.4, 0.5) is 5.69 Å². The number of amides is 2. The number of carbonyl (C=O) groups excluding carboxylic acids is 2. The molecular formula is C24H29N3O4S. The minimum atomic E-state index is -0.294. The molecule has 1 aromatic carbocycles. The minimum Gasteiger partial charge on any atom is -0.490 e. The van der Waals surface area contributed by atoms with Gasteiger partial charge in [-0.15, -0.1) is 11.3 Å². The van der Waals surface area contributed by atoms with Gasteiger partial charge in [0, 0.05) is 37.1 Å². The van der Waals surface area contributed by atoms with Crippen LogP contribution in [0.1, 0.15) is 25.6 Å². The molecule has 1 saturated heterocycles. The van der Waals surface area contributed by atoms with Gasteiger partial charge in [0.25, 0.3) is 11.8 Å². The van der Waals surface area contributed by atoms with Gasteiger partial charge >= 0.3 is 0 Å². The number of rotatable bonds is 8. The van der Waals surface area contributed by atoms with Crippen molar-refractivity contribution in [3.8, 4) is 11.5 Å². The second-order valence-corrected chi connectivity index (χ2v) is 8.51. The third-order valence-electron chi connectivity index (χ3n) is 5.75. The smallest absolute Gasteiger partial charge is 0.282 e. The van der Waals surface area contributed by atoms with Crippen LogP contribution >= 0.6 is 11.3 Å². The van der Waals surface area contributed by atoms with Gasteiger partial charge in [-0.2, -0.15) is 0 Å². The van der Waals surface area contributed by atoms with Gasteiger partial charge in [-0.1, -0.05) is 13.0 Å². The maximum Gasteiger partial charge on any atom is 0.282 e. The average molecular weight is 456 g/mol. The highest BCUT2D eigenvalue weighted by Gasteiger charge is 2.43. The van der Waals surface area contributed by atoms with Crippen LogP contribution in [-0.4, -0.2) is 67.6 Å². The number of carbonyl (C=O) groups is 2. The van der Waals surface area contributed by atoms with Crippen molar-refractivity contribution in [1.29, 1.82) is 0 Å². The quantitative estimate of drug-likeness (QED) is 0.568. The van der Waals surface area contributed by atoms with Crippen LogP contribution in [0, 0.1) is 0 Å². The van der Waals surface area contributed by atoms with Crippen molar-refractivity contribution in [2.24, 2.45) is 0 Å². The van der Waals surface area contributed by atoms with E-state index in [2.05, 4.69) is 16.7 Å². The summed E-state index contributed by atoms with van der Waals surface area (Å²) in [5, 5.41) is 1.93. The van der Waals surface area contributed by atoms with Gasteiger partial charge in [0.1, 0.15) is 5.70 Å². The van der Waals surface area contributed by atoms with E-state index in [-0.39, 0.29) is 11.8 Å². The number of likely N-dealkylation sites (N-methyl/N-ethyl adjacent to an activating group) is 1. The largest absolute Gasteiger partial charge is 0.490 e. The van der Waals surface area contributed by atoms with Crippen molar-refractivity contribution < 1.29 is 19.1 Å². The molecule has 0 atom stereocenters. The van der Waals surface area contributed by atoms with Crippen molar-refractivity contribution in [2.45, 2.75) is 20.8 Å². The number of hydrogen-bond donors (Lipinski definition) is 0. The Morgan fingerprint density at radius 3 is 2.25 bits per heavy atom. The molecule has 0 N–H and O–H groups in total. The van der Waals surface area contributed by atoms with Crippen LogP contribution in [0.3, 0.4) is 0 Å². The number of imide groups is 1. The van der Waals surface area contributed by atoms with Crippen molar-refractivity contribution in [2.75, 3.05) is 50.8 Å². The number of hydrogen-bond acceptors (Lipinski definition) is 7. The molecule has 0 unspecified atom stereocenters. The van der Waals surface area contributed by atoms with E-state index in [4.69, 9.17) is 9.47 Å². The molecule has 3 heterocycles. The van der Waals surface area contributed by atoms with Crippen molar-refractivity contribution >= 4 is 34.4 Å². The van der Waals surface area contributed by atoms with Crippen molar-refractivity contribution in [1.82, 2.24) is 9.80 Å². The molecule has 7 nitrogen and oxygen atoms in total. The van der Waals surface area contributed by atoms with E-state index in [0.29, 0.717) is 41.7 Å². The molecule has 0 radical (unpaired) electrons. The molecule has 32 heavy (non-hydrogen) atoms. The maximum absolute atomic E-state index is 13.7. The highest BCUT2D eigenvalue weighted by atomic mass is 32.1. The number of anilines is 1. The van der Waals surface area contributed by atoms with Crippen LogP contribution in [0.25, 0.3) is 5.57 Å². The summed E-state index contributed by atoms with van der Waals surface area (Å²) in [6.07, 6.45) is 0. The van der Waals surface area contributed by atoms with Crippen LogP contribution in [0.5, 0.6) is 11.5 Å². The van der Waals surface area contributed by atoms with E-state index in [1.54, 1.807) is 18.2 Å². The van der Waals surface area contributed by atoms with E-state index in [1.807, 2.05) is 31.4 Å². The van der Waals surface area contributed by atoms with Gasteiger partial charge in [0.05, 0.1) is 24.5 Å². The van der Waals surface area contributed by atoms with Gasteiger partial charge in [-0.05, 0) is 44.0 Å². The molecule has 4 rings (SSSR count). The Kier molecular flexibility index (Phi) is 6.81. The molecule has 2 amide bonds. The summed E-state index contributed by atoms with van der Waals surface area (Å²) in [6.45, 7) is 11.0. The molecule has 1 fully saturated rings. The number of piperazine rings is 1. The summed E-state index contributed by atoms with van der Waals surface area (Å²) in [6, 6.07) is 9.03. The second kappa shape index (κ2) is 9.75. The predicted molar refractivity (Wildman–Crippen MR) is 126 cm³/mol. The fourth-order valence-corrected chi connectivity index (χ4v) is 4.92. The molecule has 0 spiro atoms. The highest BCUT2D eigenvalue weighted by molar-refractivity contribution is 7.11. The Hall–Kier alpha value is -2.84. The van der Waals surface area contributed by atoms with Crippen molar-refractivity contribution in [3.05, 3.63) is 46.3 Å². The molecule has 0 saturated carbocycles. The number of nitrogens with zero attached hydrogens (tertiary/aromatic N) is 3. The Labute approximate surface area is 192 Å². The highest BCUT2D eigenvalue weighted by Crippen LogP contribution is 2.39. The zero-order valence-electron chi connectivity index (χ0n) is 18.8. The molecule has 8 heteroatoms. The van der Waals surface area contributed by atoms with Gasteiger partial charge < -0.3 is 19.3 Å². The third-order valence-corrected chi connectivity index (χ3v) is 6.64. The number of thiophene rings is 1. The molecule has 2 aromatic rings. The zero-order chi connectivity index (χ0) is 22.7. The SMILES string of the molecule is CCOc1ccc(N2C(=O)C(c3cccs3)=C(N3CCN(CC)CC3)C2=O)cc1OCC. The van der Waals surface area contributed by atoms with Crippen LogP contribution in [0.15, 0.2) is 41.4 Å². The molecular weight excluding hydrogens is 426 g/mol. The van der Waals surface area contributed by atoms with E-state index in [1.165, 1.54) is 16.2 Å². The van der Waals surface area contributed by atoms with E-state index in [0.717, 1.165) is 37.6 Å². The Balaban J connectivity index is 1.72. The molecule has 0 aliphatic carbocycles. The monoisotopic (exact) mass is 455 g/mol. The molecule has 0 bridgehead atoms. The summed E-state index contributed by atoms with van der Waals surface area (Å²) >= 11 is 1.48. The lowest BCUT2D eigenvalue weighted by molar-refractivity contribution is -0.120. The van der Waals surface area contributed by atoms with Gasteiger partial charge in [0.2, 0.25) is 0 Å². The zero-order valence-corrected chi connectivity index (χ0v) is 19.6. The molecule has 170 valence electrons. The van der Waals surface area contributed by atoms with Gasteiger partial charge in [-0.25, -0.2) is 4.90 Å². The fourth-order valence-electron chi connectivity index (χ4n) is 4.16. The number of benzene rings is 1. The first-order valence-electron chi connectivity index (χ1n) is 11.1. The van der Waals surface area contributed by atoms with Gasteiger partial charge in [-0.3, -0.25) is 9.59 Å². The Morgan fingerprint density at radius 2 is 1.62 bits per heavy atom. The predicted octanol–water partition coefficient (Wildman–Crippen LogP) is 3.47. The van der Waals surface area contributed by atoms with Crippen molar-refractivity contribution in [3.63, 3.8) is 0 Å².